The van der Waals surface area contributed by atoms with E-state index >= 15 is 0 Å². The third kappa shape index (κ3) is 2.25. The fourth-order valence-electron chi connectivity index (χ4n) is 2.75. The van der Waals surface area contributed by atoms with Gasteiger partial charge < -0.3 is 9.52 Å². The predicted octanol–water partition coefficient (Wildman–Crippen LogP) is 4.65. The molecule has 0 unspecified atom stereocenters. The highest BCUT2D eigenvalue weighted by molar-refractivity contribution is 6.04. The molecule has 23 heavy (non-hydrogen) atoms. The van der Waals surface area contributed by atoms with Crippen LogP contribution >= 0.6 is 0 Å². The summed E-state index contributed by atoms with van der Waals surface area (Å²) in [5.41, 5.74) is 3.15. The molecule has 0 bridgehead atoms. The smallest absolute Gasteiger partial charge is 0.336 e. The molecule has 4 nitrogen and oxygen atoms in total. The second-order valence-corrected chi connectivity index (χ2v) is 5.53. The number of aryl methyl sites for hydroxylation is 1. The van der Waals surface area contributed by atoms with Gasteiger partial charge in [-0.15, -0.1) is 0 Å². The van der Waals surface area contributed by atoms with Crippen LogP contribution in [0.3, 0.4) is 0 Å². The van der Waals surface area contributed by atoms with Crippen molar-refractivity contribution >= 4 is 27.8 Å². The highest BCUT2D eigenvalue weighted by Gasteiger charge is 2.15. The van der Waals surface area contributed by atoms with Crippen molar-refractivity contribution in [1.29, 1.82) is 0 Å². The number of fused-ring (bicyclic) bond motifs is 2. The molecule has 4 aromatic rings. The summed E-state index contributed by atoms with van der Waals surface area (Å²) in [7, 11) is 0. The van der Waals surface area contributed by atoms with Crippen molar-refractivity contribution in [3.05, 3.63) is 65.7 Å². The number of pyridine rings is 1. The lowest BCUT2D eigenvalue weighted by Gasteiger charge is -2.06. The average molecular weight is 303 g/mol. The van der Waals surface area contributed by atoms with Gasteiger partial charge in [0.15, 0.2) is 5.76 Å². The summed E-state index contributed by atoms with van der Waals surface area (Å²) in [4.78, 5) is 16.2. The third-order valence-corrected chi connectivity index (χ3v) is 3.87. The minimum Gasteiger partial charge on any atom is -0.478 e. The molecule has 0 radical (unpaired) electrons. The van der Waals surface area contributed by atoms with Gasteiger partial charge in [0.1, 0.15) is 11.3 Å². The zero-order valence-corrected chi connectivity index (χ0v) is 12.4. The van der Waals surface area contributed by atoms with Crippen LogP contribution in [-0.4, -0.2) is 16.1 Å². The van der Waals surface area contributed by atoms with E-state index in [2.05, 4.69) is 4.98 Å². The topological polar surface area (TPSA) is 63.3 Å². The summed E-state index contributed by atoms with van der Waals surface area (Å²) in [5.74, 6) is -0.406. The van der Waals surface area contributed by atoms with Crippen molar-refractivity contribution in [2.24, 2.45) is 0 Å². The van der Waals surface area contributed by atoms with Crippen molar-refractivity contribution in [2.75, 3.05) is 0 Å². The molecule has 0 aliphatic heterocycles. The quantitative estimate of drug-likeness (QED) is 0.585. The maximum atomic E-state index is 11.6. The van der Waals surface area contributed by atoms with E-state index in [4.69, 9.17) is 4.42 Å². The largest absolute Gasteiger partial charge is 0.478 e. The first kappa shape index (κ1) is 13.5. The number of carbonyl (C=O) groups is 1. The standard InChI is InChI=1S/C19H13NO3/c1-11-6-7-15-13(8-11)14(19(21)22)10-16(20-15)18-9-12-4-2-3-5-17(12)23-18/h2-10H,1H3,(H,21,22). The highest BCUT2D eigenvalue weighted by atomic mass is 16.4. The molecule has 0 fully saturated rings. The number of carboxylic acid groups (broad SMARTS) is 1. The Morgan fingerprint density at radius 2 is 1.91 bits per heavy atom. The minimum atomic E-state index is -0.972. The SMILES string of the molecule is Cc1ccc2nc(-c3cc4ccccc4o3)cc(C(=O)O)c2c1. The van der Waals surface area contributed by atoms with Gasteiger partial charge in [-0.25, -0.2) is 9.78 Å². The number of aromatic nitrogens is 1. The number of nitrogens with zero attached hydrogens (tertiary/aromatic N) is 1. The Balaban J connectivity index is 2.00. The number of rotatable bonds is 2. The molecule has 4 heteroatoms. The highest BCUT2D eigenvalue weighted by Crippen LogP contribution is 2.30. The van der Waals surface area contributed by atoms with Crippen LogP contribution in [0.1, 0.15) is 15.9 Å². The summed E-state index contributed by atoms with van der Waals surface area (Å²) < 4.78 is 5.81. The molecular weight excluding hydrogens is 290 g/mol. The number of carboxylic acids is 1. The number of benzene rings is 2. The van der Waals surface area contributed by atoms with Gasteiger partial charge >= 0.3 is 5.97 Å². The Morgan fingerprint density at radius 3 is 2.70 bits per heavy atom. The van der Waals surface area contributed by atoms with Crippen molar-refractivity contribution < 1.29 is 14.3 Å². The minimum absolute atomic E-state index is 0.231. The first-order valence-electron chi connectivity index (χ1n) is 7.25. The monoisotopic (exact) mass is 303 g/mol. The van der Waals surface area contributed by atoms with Crippen LogP contribution in [-0.2, 0) is 0 Å². The maximum Gasteiger partial charge on any atom is 0.336 e. The molecule has 0 spiro atoms. The molecule has 0 amide bonds. The normalized spacial score (nSPS) is 11.2. The second kappa shape index (κ2) is 4.95. The van der Waals surface area contributed by atoms with Crippen molar-refractivity contribution in [2.45, 2.75) is 6.92 Å². The molecule has 112 valence electrons. The third-order valence-electron chi connectivity index (χ3n) is 3.87. The Hall–Kier alpha value is -3.14. The van der Waals surface area contributed by atoms with E-state index < -0.39 is 5.97 Å². The second-order valence-electron chi connectivity index (χ2n) is 5.53. The molecule has 4 rings (SSSR count). The van der Waals surface area contributed by atoms with Crippen LogP contribution in [0.15, 0.2) is 59.0 Å². The molecule has 0 aliphatic carbocycles. The van der Waals surface area contributed by atoms with Gasteiger partial charge in [-0.1, -0.05) is 29.8 Å². The van der Waals surface area contributed by atoms with Crippen molar-refractivity contribution in [3.63, 3.8) is 0 Å². The summed E-state index contributed by atoms with van der Waals surface area (Å²) in [6.07, 6.45) is 0. The fourth-order valence-corrected chi connectivity index (χ4v) is 2.75. The Kier molecular flexibility index (Phi) is 2.91. The van der Waals surface area contributed by atoms with Gasteiger partial charge in [-0.05, 0) is 37.3 Å². The summed E-state index contributed by atoms with van der Waals surface area (Å²) in [5, 5.41) is 11.1. The lowest BCUT2D eigenvalue weighted by atomic mass is 10.0. The van der Waals surface area contributed by atoms with E-state index in [1.54, 1.807) is 6.07 Å². The van der Waals surface area contributed by atoms with E-state index in [9.17, 15) is 9.90 Å². The number of para-hydroxylation sites is 1. The lowest BCUT2D eigenvalue weighted by molar-refractivity contribution is 0.0699. The van der Waals surface area contributed by atoms with Gasteiger partial charge in [-0.3, -0.25) is 0 Å². The number of aromatic carboxylic acids is 1. The van der Waals surface area contributed by atoms with E-state index in [0.717, 1.165) is 16.5 Å². The van der Waals surface area contributed by atoms with Crippen LogP contribution in [0.25, 0.3) is 33.3 Å². The molecule has 0 saturated heterocycles. The summed E-state index contributed by atoms with van der Waals surface area (Å²) in [6, 6.07) is 16.7. The molecule has 2 aromatic carbocycles. The van der Waals surface area contributed by atoms with Gasteiger partial charge in [-0.2, -0.15) is 0 Å². The van der Waals surface area contributed by atoms with Crippen molar-refractivity contribution in [3.8, 4) is 11.5 Å². The molecule has 2 heterocycles. The van der Waals surface area contributed by atoms with Gasteiger partial charge in [0.25, 0.3) is 0 Å². The van der Waals surface area contributed by atoms with Gasteiger partial charge in [0.05, 0.1) is 11.1 Å². The molecule has 0 atom stereocenters. The molecule has 0 saturated carbocycles. The molecule has 1 N–H and O–H groups in total. The number of furan rings is 1. The van der Waals surface area contributed by atoms with E-state index in [1.165, 1.54) is 0 Å². The van der Waals surface area contributed by atoms with E-state index in [0.29, 0.717) is 22.4 Å². The maximum absolute atomic E-state index is 11.6. The number of hydrogen-bond donors (Lipinski definition) is 1. The average Bonchev–Trinajstić information content (AvgIpc) is 2.97. The first-order chi connectivity index (χ1) is 11.1. The molecule has 0 aliphatic rings. The van der Waals surface area contributed by atoms with Crippen LogP contribution in [0.5, 0.6) is 0 Å². The first-order valence-corrected chi connectivity index (χ1v) is 7.25. The van der Waals surface area contributed by atoms with Gasteiger partial charge in [0, 0.05) is 10.8 Å². The number of hydrogen-bond acceptors (Lipinski definition) is 3. The van der Waals surface area contributed by atoms with E-state index in [-0.39, 0.29) is 5.56 Å². The summed E-state index contributed by atoms with van der Waals surface area (Å²) >= 11 is 0. The van der Waals surface area contributed by atoms with E-state index in [1.807, 2.05) is 55.5 Å². The lowest BCUT2D eigenvalue weighted by Crippen LogP contribution is -2.00. The summed E-state index contributed by atoms with van der Waals surface area (Å²) in [6.45, 7) is 1.93. The zero-order valence-electron chi connectivity index (χ0n) is 12.4. The Bertz CT molecular complexity index is 1030. The fraction of sp³-hybridized carbons (Fsp3) is 0.0526. The Morgan fingerprint density at radius 1 is 1.09 bits per heavy atom. The molecule has 2 aromatic heterocycles. The van der Waals surface area contributed by atoms with Crippen molar-refractivity contribution in [1.82, 2.24) is 4.98 Å². The van der Waals surface area contributed by atoms with Crippen LogP contribution in [0.4, 0.5) is 0 Å². The molecular formula is C19H13NO3. The predicted molar refractivity (Wildman–Crippen MR) is 88.6 cm³/mol. The Labute approximate surface area is 132 Å². The van der Waals surface area contributed by atoms with Crippen LogP contribution < -0.4 is 0 Å². The van der Waals surface area contributed by atoms with Gasteiger partial charge in [0.2, 0.25) is 0 Å². The zero-order chi connectivity index (χ0) is 16.0. The van der Waals surface area contributed by atoms with Crippen LogP contribution in [0, 0.1) is 6.92 Å². The van der Waals surface area contributed by atoms with Crippen LogP contribution in [0.2, 0.25) is 0 Å².